The van der Waals surface area contributed by atoms with Gasteiger partial charge in [0, 0.05) is 27.4 Å². The fourth-order valence-corrected chi connectivity index (χ4v) is 7.57. The maximum Gasteiger partial charge on any atom is 0.423 e. The summed E-state index contributed by atoms with van der Waals surface area (Å²) in [5.41, 5.74) is 7.33. The van der Waals surface area contributed by atoms with Crippen LogP contribution in [0.15, 0.2) is 96.5 Å². The van der Waals surface area contributed by atoms with Crippen molar-refractivity contribution >= 4 is 78.0 Å². The van der Waals surface area contributed by atoms with Crippen molar-refractivity contribution in [2.45, 2.75) is 0 Å². The number of rotatable bonds is 1. The quantitative estimate of drug-likeness (QED) is 0.244. The zero-order valence-electron chi connectivity index (χ0n) is 17.5. The first-order chi connectivity index (χ1) is 16.4. The summed E-state index contributed by atoms with van der Waals surface area (Å²) in [6.07, 6.45) is 1.91. The van der Waals surface area contributed by atoms with Gasteiger partial charge in [-0.05, 0) is 47.2 Å². The molecule has 0 aliphatic carbocycles. The summed E-state index contributed by atoms with van der Waals surface area (Å²) < 4.78 is 2.66. The lowest BCUT2D eigenvalue weighted by Crippen LogP contribution is -2.55. The van der Waals surface area contributed by atoms with E-state index in [-0.39, 0.29) is 6.98 Å². The van der Waals surface area contributed by atoms with E-state index < -0.39 is 0 Å². The van der Waals surface area contributed by atoms with Crippen LogP contribution in [0.3, 0.4) is 0 Å². The highest BCUT2D eigenvalue weighted by atomic mass is 32.1. The number of pyridine rings is 1. The minimum Gasteiger partial charge on any atom is -0.359 e. The van der Waals surface area contributed by atoms with E-state index in [9.17, 15) is 0 Å². The first-order valence-electron chi connectivity index (χ1n) is 11.0. The van der Waals surface area contributed by atoms with Crippen LogP contribution in [0.2, 0.25) is 0 Å². The van der Waals surface area contributed by atoms with E-state index in [1.807, 2.05) is 17.5 Å². The normalized spacial score (nSPS) is 13.9. The molecule has 33 heavy (non-hydrogen) atoms. The van der Waals surface area contributed by atoms with Gasteiger partial charge in [0.1, 0.15) is 0 Å². The van der Waals surface area contributed by atoms with Gasteiger partial charge in [0.05, 0.1) is 32.3 Å². The largest absolute Gasteiger partial charge is 0.423 e. The van der Waals surface area contributed by atoms with Crippen LogP contribution in [0.4, 0.5) is 22.7 Å². The highest BCUT2D eigenvalue weighted by Gasteiger charge is 2.49. The van der Waals surface area contributed by atoms with Gasteiger partial charge >= 0.3 is 6.98 Å². The lowest BCUT2D eigenvalue weighted by Gasteiger charge is -2.34. The summed E-state index contributed by atoms with van der Waals surface area (Å²) in [6.45, 7) is 0.0315. The molecular formula is C27H16BN3S2. The molecule has 2 aliphatic rings. The molecule has 0 bridgehead atoms. The summed E-state index contributed by atoms with van der Waals surface area (Å²) in [6, 6.07) is 30.8. The Bertz CT molecular complexity index is 1720. The third-order valence-electron chi connectivity index (χ3n) is 6.77. The molecule has 0 saturated carbocycles. The Hall–Kier alpha value is -3.61. The summed E-state index contributed by atoms with van der Waals surface area (Å²) in [5.74, 6) is 0. The Labute approximate surface area is 199 Å². The van der Waals surface area contributed by atoms with Crippen LogP contribution >= 0.6 is 22.7 Å². The second-order valence-corrected chi connectivity index (χ2v) is 10.4. The van der Waals surface area contributed by atoms with Gasteiger partial charge in [-0.1, -0.05) is 48.5 Å². The molecule has 6 aromatic rings. The molecular weight excluding hydrogens is 441 g/mol. The topological polar surface area (TPSA) is 19.4 Å². The maximum atomic E-state index is 4.84. The number of benzene rings is 3. The van der Waals surface area contributed by atoms with Gasteiger partial charge in [0.25, 0.3) is 0 Å². The van der Waals surface area contributed by atoms with Gasteiger partial charge in [0.2, 0.25) is 0 Å². The van der Waals surface area contributed by atoms with Gasteiger partial charge in [-0.25, -0.2) is 0 Å². The van der Waals surface area contributed by atoms with E-state index in [2.05, 4.69) is 99.9 Å². The molecule has 0 unspecified atom stereocenters. The van der Waals surface area contributed by atoms with Crippen molar-refractivity contribution in [1.82, 2.24) is 4.98 Å². The van der Waals surface area contributed by atoms with Crippen molar-refractivity contribution in [2.24, 2.45) is 0 Å². The molecule has 0 amide bonds. The fourth-order valence-electron chi connectivity index (χ4n) is 5.46. The fraction of sp³-hybridized carbons (Fsp3) is 0. The van der Waals surface area contributed by atoms with Gasteiger partial charge < -0.3 is 9.62 Å². The van der Waals surface area contributed by atoms with Crippen molar-refractivity contribution in [3.05, 3.63) is 96.5 Å². The summed E-state index contributed by atoms with van der Waals surface area (Å²) in [7, 11) is 0. The SMILES string of the molecule is c1cnc2c(c1)B1N(c3ccccc3N1c1cccc3c1sc1ccccc13)c1ccsc1-2. The van der Waals surface area contributed by atoms with Crippen molar-refractivity contribution in [2.75, 3.05) is 9.62 Å². The molecule has 3 aromatic heterocycles. The van der Waals surface area contributed by atoms with E-state index in [0.29, 0.717) is 0 Å². The second-order valence-electron chi connectivity index (χ2n) is 8.43. The Balaban J connectivity index is 1.47. The average Bonchev–Trinajstić information content (AvgIpc) is 3.58. The van der Waals surface area contributed by atoms with Crippen LogP contribution < -0.4 is 15.1 Å². The molecule has 6 heteroatoms. The van der Waals surface area contributed by atoms with E-state index >= 15 is 0 Å². The van der Waals surface area contributed by atoms with Gasteiger partial charge in [-0.2, -0.15) is 0 Å². The smallest absolute Gasteiger partial charge is 0.359 e. The highest BCUT2D eigenvalue weighted by Crippen LogP contribution is 2.53. The van der Waals surface area contributed by atoms with E-state index in [1.165, 1.54) is 53.3 Å². The molecule has 3 aromatic carbocycles. The monoisotopic (exact) mass is 457 g/mol. The predicted octanol–water partition coefficient (Wildman–Crippen LogP) is 7.18. The highest BCUT2D eigenvalue weighted by molar-refractivity contribution is 7.26. The predicted molar refractivity (Wildman–Crippen MR) is 143 cm³/mol. The van der Waals surface area contributed by atoms with Crippen LogP contribution in [0.1, 0.15) is 0 Å². The number of fused-ring (bicyclic) bond motifs is 11. The van der Waals surface area contributed by atoms with Crippen molar-refractivity contribution < 1.29 is 0 Å². The lowest BCUT2D eigenvalue weighted by atomic mass is 9.61. The summed E-state index contributed by atoms with van der Waals surface area (Å²) in [4.78, 5) is 11.1. The van der Waals surface area contributed by atoms with E-state index in [4.69, 9.17) is 4.98 Å². The van der Waals surface area contributed by atoms with Crippen molar-refractivity contribution in [1.29, 1.82) is 0 Å². The van der Waals surface area contributed by atoms with Crippen LogP contribution in [0, 0.1) is 0 Å². The lowest BCUT2D eigenvalue weighted by molar-refractivity contribution is 1.31. The molecule has 0 atom stereocenters. The van der Waals surface area contributed by atoms with Crippen LogP contribution in [-0.2, 0) is 0 Å². The molecule has 154 valence electrons. The molecule has 2 aliphatic heterocycles. The van der Waals surface area contributed by atoms with Crippen LogP contribution in [0.5, 0.6) is 0 Å². The molecule has 0 spiro atoms. The zero-order valence-corrected chi connectivity index (χ0v) is 19.1. The standard InChI is InChI=1S/C27H16BN3S2/c1-4-13-24-17(7-1)18-8-5-12-22(26(18)33-24)30-20-10-2-3-11-21(20)31-23-14-16-32-27(23)25-19(28(30)31)9-6-15-29-25/h1-16H. The zero-order chi connectivity index (χ0) is 21.5. The molecule has 8 rings (SSSR count). The summed E-state index contributed by atoms with van der Waals surface area (Å²) >= 11 is 3.66. The number of para-hydroxylation sites is 2. The number of nitrogens with zero attached hydrogens (tertiary/aromatic N) is 3. The Kier molecular flexibility index (Phi) is 3.51. The number of thiophene rings is 2. The third kappa shape index (κ3) is 2.27. The second kappa shape index (κ2) is 6.47. The molecule has 0 fully saturated rings. The molecule has 0 N–H and O–H groups in total. The Morgan fingerprint density at radius 2 is 1.42 bits per heavy atom. The summed E-state index contributed by atoms with van der Waals surface area (Å²) in [5, 5.41) is 4.83. The minimum absolute atomic E-state index is 0.0315. The Morgan fingerprint density at radius 1 is 0.667 bits per heavy atom. The molecule has 0 saturated heterocycles. The maximum absolute atomic E-state index is 4.84. The van der Waals surface area contributed by atoms with Gasteiger partial charge in [-0.3, -0.25) is 4.98 Å². The number of aromatic nitrogens is 1. The molecule has 0 radical (unpaired) electrons. The number of hydrogen-bond donors (Lipinski definition) is 0. The first kappa shape index (κ1) is 17.9. The molecule has 3 nitrogen and oxygen atoms in total. The van der Waals surface area contributed by atoms with Crippen LogP contribution in [-0.4, -0.2) is 12.0 Å². The average molecular weight is 457 g/mol. The van der Waals surface area contributed by atoms with E-state index in [1.54, 1.807) is 11.3 Å². The van der Waals surface area contributed by atoms with Crippen LogP contribution in [0.25, 0.3) is 30.7 Å². The minimum atomic E-state index is 0.0315. The van der Waals surface area contributed by atoms with Crippen molar-refractivity contribution in [3.63, 3.8) is 0 Å². The van der Waals surface area contributed by atoms with Crippen molar-refractivity contribution in [3.8, 4) is 10.6 Å². The van der Waals surface area contributed by atoms with E-state index in [0.717, 1.165) is 5.69 Å². The Morgan fingerprint density at radius 3 is 2.33 bits per heavy atom. The molecule has 5 heterocycles. The third-order valence-corrected chi connectivity index (χ3v) is 8.89. The van der Waals surface area contributed by atoms with Gasteiger partial charge in [-0.15, -0.1) is 22.7 Å². The van der Waals surface area contributed by atoms with Gasteiger partial charge in [0.15, 0.2) is 0 Å². The number of hydrogen-bond acceptors (Lipinski definition) is 5. The first-order valence-corrected chi connectivity index (χ1v) is 12.7. The number of anilines is 4.